The van der Waals surface area contributed by atoms with E-state index in [4.69, 9.17) is 15.2 Å². The molecule has 0 radical (unpaired) electrons. The molecule has 1 unspecified atom stereocenters. The van der Waals surface area contributed by atoms with Gasteiger partial charge in [0.1, 0.15) is 12.4 Å². The third-order valence-electron chi connectivity index (χ3n) is 3.17. The van der Waals surface area contributed by atoms with Crippen molar-refractivity contribution in [2.45, 2.75) is 46.6 Å². The Kier molecular flexibility index (Phi) is 8.30. The van der Waals surface area contributed by atoms with Crippen molar-refractivity contribution in [2.24, 2.45) is 11.7 Å². The molecule has 1 atom stereocenters. The molecule has 0 amide bonds. The van der Waals surface area contributed by atoms with E-state index in [0.29, 0.717) is 19.1 Å². The normalized spacial score (nSPS) is 12.7. The third kappa shape index (κ3) is 7.30. The van der Waals surface area contributed by atoms with Crippen molar-refractivity contribution in [1.29, 1.82) is 0 Å². The van der Waals surface area contributed by atoms with Crippen LogP contribution >= 0.6 is 15.9 Å². The maximum Gasteiger partial charge on any atom is 0.125 e. The Morgan fingerprint density at radius 2 is 1.86 bits per heavy atom. The smallest absolute Gasteiger partial charge is 0.125 e. The van der Waals surface area contributed by atoms with E-state index in [1.54, 1.807) is 0 Å². The van der Waals surface area contributed by atoms with Crippen LogP contribution < -0.4 is 10.5 Å². The predicted molar refractivity (Wildman–Crippen MR) is 92.0 cm³/mol. The minimum Gasteiger partial charge on any atom is -0.491 e. The summed E-state index contributed by atoms with van der Waals surface area (Å²) in [5, 5.41) is 0. The number of benzene rings is 1. The number of nitrogens with two attached hydrogens (primary N) is 1. The highest BCUT2D eigenvalue weighted by Crippen LogP contribution is 2.29. The highest BCUT2D eigenvalue weighted by molar-refractivity contribution is 9.10. The van der Waals surface area contributed by atoms with Gasteiger partial charge in [0.25, 0.3) is 0 Å². The molecule has 1 aromatic carbocycles. The monoisotopic (exact) mass is 357 g/mol. The first-order valence-corrected chi connectivity index (χ1v) is 8.44. The molecule has 120 valence electrons. The van der Waals surface area contributed by atoms with Gasteiger partial charge in [-0.15, -0.1) is 0 Å². The second-order valence-corrected chi connectivity index (χ2v) is 6.95. The molecular formula is C17H28BrNO2. The topological polar surface area (TPSA) is 44.5 Å². The van der Waals surface area contributed by atoms with E-state index in [2.05, 4.69) is 48.8 Å². The number of ether oxygens (including phenoxy) is 2. The quantitative estimate of drug-likeness (QED) is 0.677. The van der Waals surface area contributed by atoms with Gasteiger partial charge >= 0.3 is 0 Å². The van der Waals surface area contributed by atoms with E-state index in [1.165, 1.54) is 0 Å². The Morgan fingerprint density at radius 3 is 2.48 bits per heavy atom. The van der Waals surface area contributed by atoms with Crippen LogP contribution in [-0.2, 0) is 11.2 Å². The van der Waals surface area contributed by atoms with Crippen LogP contribution in [0.25, 0.3) is 0 Å². The van der Waals surface area contributed by atoms with Gasteiger partial charge in [0.15, 0.2) is 0 Å². The molecule has 0 spiro atoms. The Bertz CT molecular complexity index is 433. The van der Waals surface area contributed by atoms with Crippen molar-refractivity contribution in [3.05, 3.63) is 27.7 Å². The average Bonchev–Trinajstić information content (AvgIpc) is 2.34. The Labute approximate surface area is 137 Å². The van der Waals surface area contributed by atoms with E-state index in [0.717, 1.165) is 40.8 Å². The molecule has 0 aromatic heterocycles. The van der Waals surface area contributed by atoms with Gasteiger partial charge in [-0.25, -0.2) is 0 Å². The molecule has 2 N–H and O–H groups in total. The van der Waals surface area contributed by atoms with E-state index in [-0.39, 0.29) is 6.04 Å². The van der Waals surface area contributed by atoms with Crippen molar-refractivity contribution in [2.75, 3.05) is 19.8 Å². The lowest BCUT2D eigenvalue weighted by molar-refractivity contribution is 0.0920. The molecule has 0 saturated heterocycles. The van der Waals surface area contributed by atoms with E-state index >= 15 is 0 Å². The van der Waals surface area contributed by atoms with Gasteiger partial charge in [-0.2, -0.15) is 0 Å². The van der Waals surface area contributed by atoms with Gasteiger partial charge < -0.3 is 15.2 Å². The fourth-order valence-electron chi connectivity index (χ4n) is 2.13. The summed E-state index contributed by atoms with van der Waals surface area (Å²) >= 11 is 3.53. The summed E-state index contributed by atoms with van der Waals surface area (Å²) < 4.78 is 12.6. The Hall–Kier alpha value is -0.580. The molecule has 1 aromatic rings. The van der Waals surface area contributed by atoms with E-state index < -0.39 is 0 Å². The van der Waals surface area contributed by atoms with Crippen LogP contribution in [-0.4, -0.2) is 25.9 Å². The van der Waals surface area contributed by atoms with Gasteiger partial charge in [0, 0.05) is 17.1 Å². The second-order valence-electron chi connectivity index (χ2n) is 6.04. The van der Waals surface area contributed by atoms with Crippen LogP contribution in [0, 0.1) is 12.8 Å². The van der Waals surface area contributed by atoms with Crippen LogP contribution in [0.3, 0.4) is 0 Å². The molecule has 0 aliphatic rings. The zero-order valence-corrected chi connectivity index (χ0v) is 15.2. The van der Waals surface area contributed by atoms with E-state index in [1.807, 2.05) is 6.92 Å². The summed E-state index contributed by atoms with van der Waals surface area (Å²) in [6, 6.07) is 4.27. The molecular weight excluding hydrogens is 330 g/mol. The zero-order valence-electron chi connectivity index (χ0n) is 13.6. The van der Waals surface area contributed by atoms with Crippen molar-refractivity contribution in [3.8, 4) is 5.75 Å². The van der Waals surface area contributed by atoms with Crippen LogP contribution in [0.4, 0.5) is 0 Å². The van der Waals surface area contributed by atoms with E-state index in [9.17, 15) is 0 Å². The molecule has 3 nitrogen and oxygen atoms in total. The summed E-state index contributed by atoms with van der Waals surface area (Å²) in [5.74, 6) is 1.63. The number of aryl methyl sites for hydroxylation is 1. The fourth-order valence-corrected chi connectivity index (χ4v) is 2.75. The Balaban J connectivity index is 2.53. The summed E-state index contributed by atoms with van der Waals surface area (Å²) in [6.45, 7) is 10.5. The van der Waals surface area contributed by atoms with Crippen molar-refractivity contribution in [1.82, 2.24) is 0 Å². The van der Waals surface area contributed by atoms with Crippen molar-refractivity contribution < 1.29 is 9.47 Å². The summed E-state index contributed by atoms with van der Waals surface area (Å²) in [4.78, 5) is 0. The van der Waals surface area contributed by atoms with Gasteiger partial charge in [-0.05, 0) is 55.9 Å². The molecule has 1 rings (SSSR count). The molecule has 0 aliphatic carbocycles. The second kappa shape index (κ2) is 9.44. The maximum absolute atomic E-state index is 5.93. The van der Waals surface area contributed by atoms with Crippen LogP contribution in [0.2, 0.25) is 0 Å². The number of rotatable bonds is 9. The van der Waals surface area contributed by atoms with Gasteiger partial charge in [0.05, 0.1) is 6.61 Å². The lowest BCUT2D eigenvalue weighted by Crippen LogP contribution is -2.19. The lowest BCUT2D eigenvalue weighted by Gasteiger charge is -2.16. The SMILES string of the molecule is Cc1cc(Br)cc(CC(C)N)c1OCCOCCC(C)C. The lowest BCUT2D eigenvalue weighted by atomic mass is 10.0. The fraction of sp³-hybridized carbons (Fsp3) is 0.647. The highest BCUT2D eigenvalue weighted by atomic mass is 79.9. The standard InChI is InChI=1S/C17H28BrNO2/c1-12(2)5-6-20-7-8-21-17-13(3)9-16(18)11-15(17)10-14(4)19/h9,11-12,14H,5-8,10,19H2,1-4H3. The molecule has 0 fully saturated rings. The molecule has 0 bridgehead atoms. The summed E-state index contributed by atoms with van der Waals surface area (Å²) in [6.07, 6.45) is 1.90. The minimum absolute atomic E-state index is 0.114. The first-order chi connectivity index (χ1) is 9.90. The van der Waals surface area contributed by atoms with Gasteiger partial charge in [-0.3, -0.25) is 0 Å². The van der Waals surface area contributed by atoms with Crippen LogP contribution in [0.15, 0.2) is 16.6 Å². The average molecular weight is 358 g/mol. The predicted octanol–water partition coefficient (Wildman–Crippen LogP) is 4.09. The molecule has 21 heavy (non-hydrogen) atoms. The minimum atomic E-state index is 0.114. The first kappa shape index (κ1) is 18.5. The zero-order chi connectivity index (χ0) is 15.8. The van der Waals surface area contributed by atoms with Gasteiger partial charge in [-0.1, -0.05) is 29.8 Å². The van der Waals surface area contributed by atoms with Crippen LogP contribution in [0.5, 0.6) is 5.75 Å². The number of hydrogen-bond acceptors (Lipinski definition) is 3. The van der Waals surface area contributed by atoms with Crippen LogP contribution in [0.1, 0.15) is 38.3 Å². The molecule has 0 aliphatic heterocycles. The van der Waals surface area contributed by atoms with Gasteiger partial charge in [0.2, 0.25) is 0 Å². The van der Waals surface area contributed by atoms with Crippen molar-refractivity contribution >= 4 is 15.9 Å². The number of hydrogen-bond donors (Lipinski definition) is 1. The molecule has 0 saturated carbocycles. The molecule has 0 heterocycles. The Morgan fingerprint density at radius 1 is 1.14 bits per heavy atom. The number of halogens is 1. The molecule has 4 heteroatoms. The first-order valence-electron chi connectivity index (χ1n) is 7.65. The van der Waals surface area contributed by atoms with Crippen molar-refractivity contribution in [3.63, 3.8) is 0 Å². The summed E-state index contributed by atoms with van der Waals surface area (Å²) in [5.41, 5.74) is 8.20. The summed E-state index contributed by atoms with van der Waals surface area (Å²) in [7, 11) is 0. The third-order valence-corrected chi connectivity index (χ3v) is 3.63. The highest BCUT2D eigenvalue weighted by Gasteiger charge is 2.11. The maximum atomic E-state index is 5.93. The largest absolute Gasteiger partial charge is 0.491 e.